The number of fused-ring (bicyclic) bond motifs is 3. The molecule has 106 valence electrons. The van der Waals surface area contributed by atoms with Crippen molar-refractivity contribution in [3.63, 3.8) is 0 Å². The fourth-order valence-corrected chi connectivity index (χ4v) is 2.47. The lowest BCUT2D eigenvalue weighted by molar-refractivity contribution is 0.0240. The minimum absolute atomic E-state index is 0.314. The molecular formula is C13H15BrN4O2. The Labute approximate surface area is 124 Å². The number of ether oxygens (including phenoxy) is 1. The predicted molar refractivity (Wildman–Crippen MR) is 76.2 cm³/mol. The topological polar surface area (TPSA) is 59.7 Å². The third kappa shape index (κ3) is 2.37. The number of aromatic nitrogens is 3. The van der Waals surface area contributed by atoms with Crippen LogP contribution in [-0.2, 0) is 17.8 Å². The number of amides is 1. The van der Waals surface area contributed by atoms with E-state index in [-0.39, 0.29) is 6.09 Å². The Balaban J connectivity index is 1.85. The molecule has 0 bridgehead atoms. The van der Waals surface area contributed by atoms with E-state index in [0.717, 1.165) is 21.4 Å². The number of hydrogen-bond acceptors (Lipinski definition) is 4. The van der Waals surface area contributed by atoms with Gasteiger partial charge in [0, 0.05) is 18.0 Å². The van der Waals surface area contributed by atoms with E-state index < -0.39 is 5.60 Å². The maximum Gasteiger partial charge on any atom is 0.410 e. The normalized spacial score (nSPS) is 14.7. The quantitative estimate of drug-likeness (QED) is 0.741. The molecule has 3 rings (SSSR count). The molecular weight excluding hydrogens is 324 g/mol. The molecule has 0 radical (unpaired) electrons. The zero-order valence-corrected chi connectivity index (χ0v) is 13.1. The van der Waals surface area contributed by atoms with Gasteiger partial charge in [-0.3, -0.25) is 4.90 Å². The number of rotatable bonds is 0. The highest BCUT2D eigenvalue weighted by Crippen LogP contribution is 2.27. The van der Waals surface area contributed by atoms with Crippen molar-refractivity contribution in [3.05, 3.63) is 28.1 Å². The summed E-state index contributed by atoms with van der Waals surface area (Å²) in [5, 5.41) is 4.46. The van der Waals surface area contributed by atoms with Gasteiger partial charge in [-0.25, -0.2) is 14.3 Å². The molecule has 6 nitrogen and oxygen atoms in total. The molecule has 0 aromatic carbocycles. The van der Waals surface area contributed by atoms with Crippen molar-refractivity contribution < 1.29 is 9.53 Å². The third-order valence-electron chi connectivity index (χ3n) is 2.96. The van der Waals surface area contributed by atoms with Crippen molar-refractivity contribution in [1.29, 1.82) is 0 Å². The summed E-state index contributed by atoms with van der Waals surface area (Å²) in [5.41, 5.74) is 2.16. The molecule has 20 heavy (non-hydrogen) atoms. The summed E-state index contributed by atoms with van der Waals surface area (Å²) in [7, 11) is 0. The van der Waals surface area contributed by atoms with E-state index in [1.54, 1.807) is 15.6 Å². The first-order chi connectivity index (χ1) is 9.33. The van der Waals surface area contributed by atoms with Crippen LogP contribution < -0.4 is 0 Å². The second-order valence-corrected chi connectivity index (χ2v) is 6.72. The van der Waals surface area contributed by atoms with Crippen LogP contribution in [0.4, 0.5) is 4.79 Å². The van der Waals surface area contributed by atoms with Gasteiger partial charge in [0.05, 0.1) is 23.3 Å². The molecule has 2 aromatic rings. The Bertz CT molecular complexity index is 689. The van der Waals surface area contributed by atoms with Crippen LogP contribution in [0.25, 0.3) is 5.65 Å². The Kier molecular flexibility index (Phi) is 2.97. The molecule has 0 N–H and O–H groups in total. The van der Waals surface area contributed by atoms with Gasteiger partial charge in [0.2, 0.25) is 0 Å². The minimum Gasteiger partial charge on any atom is -0.444 e. The smallest absolute Gasteiger partial charge is 0.410 e. The first kappa shape index (κ1) is 13.4. The van der Waals surface area contributed by atoms with Crippen LogP contribution in [0.15, 0.2) is 16.9 Å². The maximum atomic E-state index is 12.1. The van der Waals surface area contributed by atoms with Crippen LogP contribution in [0.5, 0.6) is 0 Å². The second kappa shape index (κ2) is 4.44. The lowest BCUT2D eigenvalue weighted by Crippen LogP contribution is -2.33. The number of carbonyl (C=O) groups is 1. The van der Waals surface area contributed by atoms with E-state index in [4.69, 9.17) is 4.74 Å². The lowest BCUT2D eigenvalue weighted by Gasteiger charge is -2.24. The van der Waals surface area contributed by atoms with Gasteiger partial charge >= 0.3 is 6.09 Å². The molecule has 0 aliphatic carbocycles. The van der Waals surface area contributed by atoms with Gasteiger partial charge in [0.15, 0.2) is 5.65 Å². The average Bonchev–Trinajstić information content (AvgIpc) is 2.82. The molecule has 0 saturated carbocycles. The summed E-state index contributed by atoms with van der Waals surface area (Å²) < 4.78 is 7.99. The fourth-order valence-electron chi connectivity index (χ4n) is 2.18. The highest BCUT2D eigenvalue weighted by atomic mass is 79.9. The van der Waals surface area contributed by atoms with E-state index in [2.05, 4.69) is 26.0 Å². The molecule has 1 aliphatic rings. The summed E-state index contributed by atoms with van der Waals surface area (Å²) in [6.45, 7) is 6.53. The highest BCUT2D eigenvalue weighted by molar-refractivity contribution is 9.10. The van der Waals surface area contributed by atoms with Crippen LogP contribution in [0.3, 0.4) is 0 Å². The Morgan fingerprint density at radius 3 is 2.85 bits per heavy atom. The van der Waals surface area contributed by atoms with Crippen LogP contribution in [-0.4, -0.2) is 31.2 Å². The first-order valence-electron chi connectivity index (χ1n) is 6.33. The van der Waals surface area contributed by atoms with E-state index in [1.807, 2.05) is 27.0 Å². The number of halogens is 1. The molecule has 3 heterocycles. The zero-order valence-electron chi connectivity index (χ0n) is 11.6. The Morgan fingerprint density at radius 1 is 1.40 bits per heavy atom. The molecule has 7 heteroatoms. The number of nitrogens with zero attached hydrogens (tertiary/aromatic N) is 4. The third-order valence-corrected chi connectivity index (χ3v) is 3.37. The van der Waals surface area contributed by atoms with Gasteiger partial charge in [-0.2, -0.15) is 5.10 Å². The standard InChI is InChI=1S/C13H15BrN4O2/c1-13(2,3)20-12(19)17-6-9-10(7-17)16-18-5-8(14)4-15-11(9)18/h4-5H,6-7H2,1-3H3. The Morgan fingerprint density at radius 2 is 2.15 bits per heavy atom. The number of hydrogen-bond donors (Lipinski definition) is 0. The van der Waals surface area contributed by atoms with Gasteiger partial charge in [-0.05, 0) is 36.7 Å². The van der Waals surface area contributed by atoms with E-state index >= 15 is 0 Å². The van der Waals surface area contributed by atoms with Gasteiger partial charge in [-0.15, -0.1) is 0 Å². The van der Waals surface area contributed by atoms with Gasteiger partial charge in [0.25, 0.3) is 0 Å². The van der Waals surface area contributed by atoms with Crippen molar-refractivity contribution in [3.8, 4) is 0 Å². The Hall–Kier alpha value is -1.63. The summed E-state index contributed by atoms with van der Waals surface area (Å²) in [4.78, 5) is 18.1. The van der Waals surface area contributed by atoms with Gasteiger partial charge in [-0.1, -0.05) is 0 Å². The molecule has 1 amide bonds. The molecule has 0 saturated heterocycles. The van der Waals surface area contributed by atoms with Crippen molar-refractivity contribution in [2.24, 2.45) is 0 Å². The summed E-state index contributed by atoms with van der Waals surface area (Å²) in [6, 6.07) is 0. The monoisotopic (exact) mass is 338 g/mol. The van der Waals surface area contributed by atoms with Gasteiger partial charge < -0.3 is 4.74 Å². The number of carbonyl (C=O) groups excluding carboxylic acids is 1. The van der Waals surface area contributed by atoms with Crippen LogP contribution in [0.1, 0.15) is 32.0 Å². The van der Waals surface area contributed by atoms with E-state index in [9.17, 15) is 4.79 Å². The SMILES string of the molecule is CC(C)(C)OC(=O)N1Cc2nn3cc(Br)cnc3c2C1. The van der Waals surface area contributed by atoms with Crippen LogP contribution in [0.2, 0.25) is 0 Å². The van der Waals surface area contributed by atoms with Gasteiger partial charge in [0.1, 0.15) is 5.60 Å². The van der Waals surface area contributed by atoms with Crippen LogP contribution in [0, 0.1) is 0 Å². The zero-order chi connectivity index (χ0) is 14.5. The predicted octanol–water partition coefficient (Wildman–Crippen LogP) is 2.74. The van der Waals surface area contributed by atoms with Crippen molar-refractivity contribution in [2.75, 3.05) is 0 Å². The summed E-state index contributed by atoms with van der Waals surface area (Å²) in [6.07, 6.45) is 3.28. The average molecular weight is 339 g/mol. The van der Waals surface area contributed by atoms with Crippen LogP contribution >= 0.6 is 15.9 Å². The summed E-state index contributed by atoms with van der Waals surface area (Å²) >= 11 is 3.37. The second-order valence-electron chi connectivity index (χ2n) is 5.80. The molecule has 0 fully saturated rings. The largest absolute Gasteiger partial charge is 0.444 e. The fraction of sp³-hybridized carbons (Fsp3) is 0.462. The van der Waals surface area contributed by atoms with Crippen molar-refractivity contribution >= 4 is 27.7 Å². The molecule has 0 unspecified atom stereocenters. The lowest BCUT2D eigenvalue weighted by atomic mass is 10.2. The summed E-state index contributed by atoms with van der Waals surface area (Å²) in [5.74, 6) is 0. The van der Waals surface area contributed by atoms with E-state index in [0.29, 0.717) is 13.1 Å². The minimum atomic E-state index is -0.489. The highest BCUT2D eigenvalue weighted by Gasteiger charge is 2.31. The van der Waals surface area contributed by atoms with Crippen molar-refractivity contribution in [2.45, 2.75) is 39.5 Å². The maximum absolute atomic E-state index is 12.1. The molecule has 2 aromatic heterocycles. The van der Waals surface area contributed by atoms with E-state index in [1.165, 1.54) is 0 Å². The molecule has 0 spiro atoms. The molecule has 1 aliphatic heterocycles. The van der Waals surface area contributed by atoms with Crippen molar-refractivity contribution in [1.82, 2.24) is 19.5 Å². The first-order valence-corrected chi connectivity index (χ1v) is 7.12. The molecule has 0 atom stereocenters.